The third kappa shape index (κ3) is 5.63. The summed E-state index contributed by atoms with van der Waals surface area (Å²) in [5.74, 6) is -0.292. The highest BCUT2D eigenvalue weighted by atomic mass is 32.2. The highest BCUT2D eigenvalue weighted by Crippen LogP contribution is 2.16. The van der Waals surface area contributed by atoms with E-state index in [2.05, 4.69) is 0 Å². The summed E-state index contributed by atoms with van der Waals surface area (Å²) in [6.07, 6.45) is 0. The molecule has 1 amide bonds. The fraction of sp³-hybridized carbons (Fsp3) is 0.429. The first-order valence-corrected chi connectivity index (χ1v) is 7.35. The number of anilines is 1. The summed E-state index contributed by atoms with van der Waals surface area (Å²) in [7, 11) is 1.60. The maximum absolute atomic E-state index is 12.1. The molecule has 0 saturated carbocycles. The fourth-order valence-electron chi connectivity index (χ4n) is 1.56. The predicted octanol–water partition coefficient (Wildman–Crippen LogP) is 1.79. The van der Waals surface area contributed by atoms with Crippen LogP contribution in [-0.2, 0) is 14.3 Å². The van der Waals surface area contributed by atoms with Crippen LogP contribution in [0.2, 0.25) is 0 Å². The zero-order valence-electron chi connectivity index (χ0n) is 11.7. The Kier molecular flexibility index (Phi) is 7.11. The van der Waals surface area contributed by atoms with Gasteiger partial charge in [-0.05, 0) is 19.1 Å². The number of ether oxygens (including phenoxy) is 1. The van der Waals surface area contributed by atoms with Gasteiger partial charge in [-0.15, -0.1) is 11.8 Å². The third-order valence-corrected chi connectivity index (χ3v) is 3.50. The number of aliphatic carboxylic acids is 1. The summed E-state index contributed by atoms with van der Waals surface area (Å²) in [6, 6.07) is 7.23. The summed E-state index contributed by atoms with van der Waals surface area (Å²) in [4.78, 5) is 24.3. The number of amides is 1. The van der Waals surface area contributed by atoms with E-state index < -0.39 is 5.97 Å². The number of aryl methyl sites for hydroxylation is 1. The summed E-state index contributed by atoms with van der Waals surface area (Å²) < 4.78 is 4.91. The summed E-state index contributed by atoms with van der Waals surface area (Å²) in [5, 5.41) is 8.94. The van der Waals surface area contributed by atoms with Crippen LogP contribution in [0.5, 0.6) is 0 Å². The summed E-state index contributed by atoms with van der Waals surface area (Å²) in [5.41, 5.74) is 1.67. The number of rotatable bonds is 8. The van der Waals surface area contributed by atoms with Crippen molar-refractivity contribution in [2.45, 2.75) is 6.92 Å². The first-order valence-electron chi connectivity index (χ1n) is 6.20. The molecule has 0 aliphatic heterocycles. The normalized spacial score (nSPS) is 10.3. The molecule has 1 aromatic rings. The number of nitrogens with zero attached hydrogens (tertiary/aromatic N) is 1. The summed E-state index contributed by atoms with van der Waals surface area (Å²) in [6.45, 7) is 2.18. The van der Waals surface area contributed by atoms with Crippen LogP contribution < -0.4 is 4.90 Å². The molecule has 0 saturated heterocycles. The van der Waals surface area contributed by atoms with Crippen molar-refractivity contribution in [2.24, 2.45) is 0 Å². The molecule has 6 heteroatoms. The molecule has 0 bridgehead atoms. The zero-order chi connectivity index (χ0) is 15.0. The summed E-state index contributed by atoms with van der Waals surface area (Å²) >= 11 is 1.43. The Balaban J connectivity index is 2.70. The van der Waals surface area contributed by atoms with Crippen molar-refractivity contribution in [1.82, 2.24) is 0 Å². The minimum Gasteiger partial charge on any atom is -0.480 e. The van der Waals surface area contributed by atoms with Crippen molar-refractivity contribution < 1.29 is 19.4 Å². The number of carbonyl (C=O) groups excluding carboxylic acids is 1. The molecule has 0 aliphatic rings. The lowest BCUT2D eigenvalue weighted by Gasteiger charge is -2.21. The molecule has 0 aromatic heterocycles. The number of thioether (sulfide) groups is 1. The van der Waals surface area contributed by atoms with Gasteiger partial charge >= 0.3 is 5.97 Å². The van der Waals surface area contributed by atoms with E-state index in [4.69, 9.17) is 9.84 Å². The highest BCUT2D eigenvalue weighted by Gasteiger charge is 2.18. The van der Waals surface area contributed by atoms with Crippen molar-refractivity contribution in [3.8, 4) is 0 Å². The largest absolute Gasteiger partial charge is 0.480 e. The molecule has 110 valence electrons. The maximum Gasteiger partial charge on any atom is 0.323 e. The monoisotopic (exact) mass is 297 g/mol. The molecule has 0 spiro atoms. The number of benzene rings is 1. The molecule has 20 heavy (non-hydrogen) atoms. The van der Waals surface area contributed by atoms with Crippen molar-refractivity contribution in [2.75, 3.05) is 36.7 Å². The first-order chi connectivity index (χ1) is 9.54. The van der Waals surface area contributed by atoms with Gasteiger partial charge in [0.05, 0.1) is 12.4 Å². The minimum atomic E-state index is -1.03. The fourth-order valence-corrected chi connectivity index (χ4v) is 2.32. The smallest absolute Gasteiger partial charge is 0.323 e. The van der Waals surface area contributed by atoms with E-state index in [0.717, 1.165) is 5.56 Å². The van der Waals surface area contributed by atoms with Crippen LogP contribution in [0.25, 0.3) is 0 Å². The van der Waals surface area contributed by atoms with Crippen LogP contribution in [-0.4, -0.2) is 48.8 Å². The van der Waals surface area contributed by atoms with E-state index in [1.165, 1.54) is 16.7 Å². The number of carboxylic acids is 1. The van der Waals surface area contributed by atoms with Crippen LogP contribution in [0.3, 0.4) is 0 Å². The maximum atomic E-state index is 12.1. The van der Waals surface area contributed by atoms with Gasteiger partial charge in [0.15, 0.2) is 0 Å². The molecule has 1 N–H and O–H groups in total. The Hall–Kier alpha value is -1.53. The molecule has 0 aliphatic carbocycles. The van der Waals surface area contributed by atoms with E-state index in [9.17, 15) is 9.59 Å². The van der Waals surface area contributed by atoms with Gasteiger partial charge in [-0.2, -0.15) is 0 Å². The van der Waals surface area contributed by atoms with E-state index in [1.807, 2.05) is 19.1 Å². The SMILES string of the molecule is COCCSCC(=O)N(CC(=O)O)c1ccc(C)cc1. The van der Waals surface area contributed by atoms with Crippen molar-refractivity contribution in [3.05, 3.63) is 29.8 Å². The molecule has 1 rings (SSSR count). The zero-order valence-corrected chi connectivity index (χ0v) is 12.5. The van der Waals surface area contributed by atoms with E-state index in [1.54, 1.807) is 19.2 Å². The lowest BCUT2D eigenvalue weighted by Crippen LogP contribution is -2.37. The molecular formula is C14H19NO4S. The number of hydrogen-bond donors (Lipinski definition) is 1. The lowest BCUT2D eigenvalue weighted by atomic mass is 10.2. The number of carbonyl (C=O) groups is 2. The van der Waals surface area contributed by atoms with Crippen molar-refractivity contribution >= 4 is 29.3 Å². The quantitative estimate of drug-likeness (QED) is 0.741. The molecule has 0 atom stereocenters. The topological polar surface area (TPSA) is 66.8 Å². The van der Waals surface area contributed by atoms with Gasteiger partial charge in [0.1, 0.15) is 6.54 Å². The molecule has 1 aromatic carbocycles. The minimum absolute atomic E-state index is 0.211. The Labute approximate surface area is 122 Å². The van der Waals surface area contributed by atoms with Crippen LogP contribution in [0.4, 0.5) is 5.69 Å². The van der Waals surface area contributed by atoms with Gasteiger partial charge in [-0.3, -0.25) is 9.59 Å². The van der Waals surface area contributed by atoms with Gasteiger partial charge in [-0.1, -0.05) is 17.7 Å². The number of carboxylic acid groups (broad SMARTS) is 1. The first kappa shape index (κ1) is 16.5. The Bertz CT molecular complexity index is 447. The average molecular weight is 297 g/mol. The predicted molar refractivity (Wildman–Crippen MR) is 80.4 cm³/mol. The van der Waals surface area contributed by atoms with E-state index in [0.29, 0.717) is 18.0 Å². The number of hydrogen-bond acceptors (Lipinski definition) is 4. The standard InChI is InChI=1S/C14H19NO4S/c1-11-3-5-12(6-4-11)15(9-14(17)18)13(16)10-20-8-7-19-2/h3-6H,7-10H2,1-2H3,(H,17,18). The van der Waals surface area contributed by atoms with Crippen LogP contribution in [0.1, 0.15) is 5.56 Å². The van der Waals surface area contributed by atoms with E-state index in [-0.39, 0.29) is 18.2 Å². The second kappa shape index (κ2) is 8.60. The Morgan fingerprint density at radius 3 is 2.50 bits per heavy atom. The molecular weight excluding hydrogens is 278 g/mol. The van der Waals surface area contributed by atoms with Crippen molar-refractivity contribution in [1.29, 1.82) is 0 Å². The van der Waals surface area contributed by atoms with Gasteiger partial charge in [-0.25, -0.2) is 0 Å². The molecule has 0 fully saturated rings. The van der Waals surface area contributed by atoms with Crippen LogP contribution >= 0.6 is 11.8 Å². The van der Waals surface area contributed by atoms with Crippen LogP contribution in [0, 0.1) is 6.92 Å². The molecule has 0 heterocycles. The Morgan fingerprint density at radius 2 is 1.95 bits per heavy atom. The second-order valence-electron chi connectivity index (χ2n) is 4.25. The van der Waals surface area contributed by atoms with Crippen LogP contribution in [0.15, 0.2) is 24.3 Å². The van der Waals surface area contributed by atoms with Gasteiger partial charge in [0.25, 0.3) is 0 Å². The van der Waals surface area contributed by atoms with E-state index >= 15 is 0 Å². The van der Waals surface area contributed by atoms with Gasteiger partial charge in [0.2, 0.25) is 5.91 Å². The number of methoxy groups -OCH3 is 1. The van der Waals surface area contributed by atoms with Gasteiger partial charge < -0.3 is 14.7 Å². The Morgan fingerprint density at radius 1 is 1.30 bits per heavy atom. The molecule has 0 radical (unpaired) electrons. The van der Waals surface area contributed by atoms with Crippen molar-refractivity contribution in [3.63, 3.8) is 0 Å². The average Bonchev–Trinajstić information content (AvgIpc) is 2.42. The molecule has 5 nitrogen and oxygen atoms in total. The third-order valence-electron chi connectivity index (χ3n) is 2.60. The second-order valence-corrected chi connectivity index (χ2v) is 5.36. The lowest BCUT2D eigenvalue weighted by molar-refractivity contribution is -0.136. The molecule has 0 unspecified atom stereocenters. The van der Waals surface area contributed by atoms with Gasteiger partial charge in [0, 0.05) is 18.6 Å². The highest BCUT2D eigenvalue weighted by molar-refractivity contribution is 7.99.